The van der Waals surface area contributed by atoms with Crippen LogP contribution in [0.3, 0.4) is 0 Å². The van der Waals surface area contributed by atoms with Gasteiger partial charge in [-0.25, -0.2) is 8.78 Å². The average Bonchev–Trinajstić information content (AvgIpc) is 3.26. The van der Waals surface area contributed by atoms with Crippen LogP contribution in [-0.2, 0) is 0 Å². The molecule has 0 aliphatic heterocycles. The number of likely N-dealkylation sites (N-methyl/N-ethyl adjacent to an activating group) is 1. The van der Waals surface area contributed by atoms with Crippen molar-refractivity contribution in [2.24, 2.45) is 5.92 Å². The highest BCUT2D eigenvalue weighted by molar-refractivity contribution is 5.23. The van der Waals surface area contributed by atoms with E-state index in [4.69, 9.17) is 0 Å². The molecule has 1 aliphatic rings. The van der Waals surface area contributed by atoms with Gasteiger partial charge in [-0.05, 0) is 44.3 Å². The molecule has 1 aromatic carbocycles. The van der Waals surface area contributed by atoms with Crippen LogP contribution in [0.15, 0.2) is 18.2 Å². The molecule has 21 heavy (non-hydrogen) atoms. The predicted octanol–water partition coefficient (Wildman–Crippen LogP) is 3.74. The molecule has 1 N–H and O–H groups in total. The minimum atomic E-state index is -0.764. The molecule has 0 amide bonds. The zero-order valence-electron chi connectivity index (χ0n) is 13.0. The summed E-state index contributed by atoms with van der Waals surface area (Å²) in [4.78, 5) is 2.38. The lowest BCUT2D eigenvalue weighted by molar-refractivity contribution is 0.232. The van der Waals surface area contributed by atoms with Gasteiger partial charge in [0.1, 0.15) is 0 Å². The molecule has 1 unspecified atom stereocenters. The van der Waals surface area contributed by atoms with Crippen LogP contribution in [-0.4, -0.2) is 31.1 Å². The fraction of sp³-hybridized carbons (Fsp3) is 0.647. The molecular weight excluding hydrogens is 270 g/mol. The Morgan fingerprint density at radius 1 is 1.29 bits per heavy atom. The smallest absolute Gasteiger partial charge is 0.163 e. The van der Waals surface area contributed by atoms with Gasteiger partial charge in [-0.1, -0.05) is 26.0 Å². The van der Waals surface area contributed by atoms with Gasteiger partial charge >= 0.3 is 0 Å². The molecule has 118 valence electrons. The Morgan fingerprint density at radius 2 is 2.05 bits per heavy atom. The lowest BCUT2D eigenvalue weighted by Crippen LogP contribution is -2.37. The molecule has 1 aromatic rings. The molecule has 0 saturated heterocycles. The van der Waals surface area contributed by atoms with Gasteiger partial charge in [0.2, 0.25) is 0 Å². The summed E-state index contributed by atoms with van der Waals surface area (Å²) in [7, 11) is 0. The van der Waals surface area contributed by atoms with Crippen LogP contribution in [0.25, 0.3) is 0 Å². The van der Waals surface area contributed by atoms with Gasteiger partial charge in [0.25, 0.3) is 0 Å². The van der Waals surface area contributed by atoms with Crippen molar-refractivity contribution in [3.8, 4) is 0 Å². The number of rotatable bonds is 9. The lowest BCUT2D eigenvalue weighted by Gasteiger charge is -2.28. The summed E-state index contributed by atoms with van der Waals surface area (Å²) in [5.41, 5.74) is 0.439. The van der Waals surface area contributed by atoms with E-state index in [-0.39, 0.29) is 6.04 Å². The van der Waals surface area contributed by atoms with E-state index in [9.17, 15) is 8.78 Å². The van der Waals surface area contributed by atoms with Gasteiger partial charge in [-0.15, -0.1) is 0 Å². The summed E-state index contributed by atoms with van der Waals surface area (Å²) in [6, 6.07) is 4.29. The quantitative estimate of drug-likeness (QED) is 0.747. The van der Waals surface area contributed by atoms with Crippen LogP contribution in [0.2, 0.25) is 0 Å². The molecule has 0 aromatic heterocycles. The maximum Gasteiger partial charge on any atom is 0.163 e. The monoisotopic (exact) mass is 296 g/mol. The second-order valence-electron chi connectivity index (χ2n) is 5.96. The van der Waals surface area contributed by atoms with Crippen LogP contribution in [0.5, 0.6) is 0 Å². The molecule has 0 heterocycles. The van der Waals surface area contributed by atoms with Gasteiger partial charge in [0.15, 0.2) is 11.6 Å². The molecule has 2 nitrogen and oxygen atoms in total. The number of nitrogens with zero attached hydrogens (tertiary/aromatic N) is 1. The van der Waals surface area contributed by atoms with Crippen molar-refractivity contribution in [3.05, 3.63) is 35.4 Å². The summed E-state index contributed by atoms with van der Waals surface area (Å²) >= 11 is 0. The van der Waals surface area contributed by atoms with Crippen molar-refractivity contribution in [2.75, 3.05) is 26.2 Å². The average molecular weight is 296 g/mol. The number of nitrogens with one attached hydrogen (secondary N) is 1. The normalized spacial score (nSPS) is 16.4. The minimum absolute atomic E-state index is 0.156. The summed E-state index contributed by atoms with van der Waals surface area (Å²) in [5.74, 6) is -0.679. The van der Waals surface area contributed by atoms with E-state index in [0.717, 1.165) is 38.5 Å². The molecule has 1 fully saturated rings. The van der Waals surface area contributed by atoms with Gasteiger partial charge in [0, 0.05) is 24.7 Å². The van der Waals surface area contributed by atoms with E-state index in [2.05, 4.69) is 17.1 Å². The van der Waals surface area contributed by atoms with Gasteiger partial charge in [-0.3, -0.25) is 0 Å². The number of benzene rings is 1. The Bertz CT molecular complexity index is 446. The maximum absolute atomic E-state index is 14.1. The van der Waals surface area contributed by atoms with E-state index in [1.807, 2.05) is 6.92 Å². The molecule has 4 heteroatoms. The zero-order valence-corrected chi connectivity index (χ0v) is 13.0. The molecule has 2 rings (SSSR count). The first kappa shape index (κ1) is 16.4. The Labute approximate surface area is 126 Å². The van der Waals surface area contributed by atoms with Gasteiger partial charge in [-0.2, -0.15) is 0 Å². The topological polar surface area (TPSA) is 15.3 Å². The van der Waals surface area contributed by atoms with Crippen molar-refractivity contribution < 1.29 is 8.78 Å². The van der Waals surface area contributed by atoms with Crippen LogP contribution in [0.4, 0.5) is 8.78 Å². The number of hydrogen-bond acceptors (Lipinski definition) is 2. The fourth-order valence-electron chi connectivity index (χ4n) is 2.81. The molecule has 1 atom stereocenters. The summed E-state index contributed by atoms with van der Waals surface area (Å²) in [6.45, 7) is 7.71. The zero-order chi connectivity index (χ0) is 15.2. The van der Waals surface area contributed by atoms with E-state index >= 15 is 0 Å². The van der Waals surface area contributed by atoms with Crippen molar-refractivity contribution >= 4 is 0 Å². The summed E-state index contributed by atoms with van der Waals surface area (Å²) in [5, 5.41) is 3.30. The predicted molar refractivity (Wildman–Crippen MR) is 82.2 cm³/mol. The highest BCUT2D eigenvalue weighted by Crippen LogP contribution is 2.30. The molecule has 0 spiro atoms. The van der Waals surface area contributed by atoms with Crippen molar-refractivity contribution in [1.29, 1.82) is 0 Å². The van der Waals surface area contributed by atoms with E-state index in [1.54, 1.807) is 12.1 Å². The third-order valence-electron chi connectivity index (χ3n) is 4.00. The van der Waals surface area contributed by atoms with Crippen LogP contribution < -0.4 is 5.32 Å². The fourth-order valence-corrected chi connectivity index (χ4v) is 2.81. The van der Waals surface area contributed by atoms with E-state index < -0.39 is 11.6 Å². The van der Waals surface area contributed by atoms with Crippen LogP contribution in [0, 0.1) is 17.6 Å². The molecular formula is C17H26F2N2. The van der Waals surface area contributed by atoms with Crippen molar-refractivity contribution in [3.63, 3.8) is 0 Å². The first-order valence-corrected chi connectivity index (χ1v) is 8.05. The van der Waals surface area contributed by atoms with Crippen LogP contribution in [0.1, 0.15) is 44.7 Å². The van der Waals surface area contributed by atoms with E-state index in [0.29, 0.717) is 5.56 Å². The second kappa shape index (κ2) is 7.85. The van der Waals surface area contributed by atoms with Crippen molar-refractivity contribution in [2.45, 2.75) is 39.2 Å². The third-order valence-corrected chi connectivity index (χ3v) is 4.00. The molecule has 1 aliphatic carbocycles. The number of hydrogen-bond donors (Lipinski definition) is 1. The SMILES string of the molecule is CCCN(CC1CC1)CC(NCC)c1cccc(F)c1F. The first-order valence-electron chi connectivity index (χ1n) is 8.05. The minimum Gasteiger partial charge on any atom is -0.309 e. The number of halogens is 2. The summed E-state index contributed by atoms with van der Waals surface area (Å²) in [6.07, 6.45) is 3.69. The van der Waals surface area contributed by atoms with E-state index in [1.165, 1.54) is 18.9 Å². The van der Waals surface area contributed by atoms with Crippen molar-refractivity contribution in [1.82, 2.24) is 10.2 Å². The largest absolute Gasteiger partial charge is 0.309 e. The third kappa shape index (κ3) is 4.75. The Hall–Kier alpha value is -1.00. The van der Waals surface area contributed by atoms with Crippen LogP contribution >= 0.6 is 0 Å². The molecule has 1 saturated carbocycles. The Morgan fingerprint density at radius 3 is 2.67 bits per heavy atom. The first-order chi connectivity index (χ1) is 10.2. The maximum atomic E-state index is 14.1. The highest BCUT2D eigenvalue weighted by Gasteiger charge is 2.26. The standard InChI is InChI=1S/C17H26F2N2/c1-3-10-21(11-13-8-9-13)12-16(20-4-2)14-6-5-7-15(18)17(14)19/h5-7,13,16,20H,3-4,8-12H2,1-2H3. The second-order valence-corrected chi connectivity index (χ2v) is 5.96. The highest BCUT2D eigenvalue weighted by atomic mass is 19.2. The molecule has 0 bridgehead atoms. The van der Waals surface area contributed by atoms with Gasteiger partial charge < -0.3 is 10.2 Å². The molecule has 0 radical (unpaired) electrons. The lowest BCUT2D eigenvalue weighted by atomic mass is 10.0. The Balaban J connectivity index is 2.10. The summed E-state index contributed by atoms with van der Waals surface area (Å²) < 4.78 is 27.5. The Kier molecular flexibility index (Phi) is 6.12. The van der Waals surface area contributed by atoms with Gasteiger partial charge in [0.05, 0.1) is 0 Å².